The van der Waals surface area contributed by atoms with Gasteiger partial charge in [-0.15, -0.1) is 0 Å². The molecule has 1 saturated heterocycles. The third-order valence-corrected chi connectivity index (χ3v) is 6.38. The van der Waals surface area contributed by atoms with Crippen molar-refractivity contribution in [1.29, 1.82) is 0 Å². The highest BCUT2D eigenvalue weighted by atomic mass is 19.4. The number of nitrogens with zero attached hydrogens (tertiary/aromatic N) is 4. The Bertz CT molecular complexity index is 861. The Morgan fingerprint density at radius 1 is 1.11 bits per heavy atom. The maximum Gasteiger partial charge on any atom is 0.434 e. The van der Waals surface area contributed by atoms with Crippen molar-refractivity contribution in [2.45, 2.75) is 63.5 Å². The number of carbonyl (C=O) groups is 2. The first-order valence-electron chi connectivity index (χ1n) is 11.2. The number of piperidine rings is 1. The molecule has 1 saturated carbocycles. The van der Waals surface area contributed by atoms with E-state index in [1.165, 1.54) is 19.5 Å². The summed E-state index contributed by atoms with van der Waals surface area (Å²) in [5.41, 5.74) is -1.81. The number of alkyl halides is 6. The fourth-order valence-electron chi connectivity index (χ4n) is 4.14. The van der Waals surface area contributed by atoms with E-state index in [2.05, 4.69) is 21.3 Å². The molecule has 0 aromatic carbocycles. The first kappa shape index (κ1) is 29.6. The van der Waals surface area contributed by atoms with Crippen molar-refractivity contribution in [2.24, 2.45) is 15.4 Å². The first-order valence-corrected chi connectivity index (χ1v) is 11.2. The SMILES string of the molecule is C=C/N=C(\N=C/C)C1(C(=O)N(CCOC)C2(C)CCN(C(=O)OC(C(F)(F)F)C(F)(F)F)CC2)CC1. The lowest BCUT2D eigenvalue weighted by Crippen LogP contribution is -2.59. The molecular formula is C22H30F6N4O4. The van der Waals surface area contributed by atoms with E-state index in [0.717, 1.165) is 4.90 Å². The lowest BCUT2D eigenvalue weighted by atomic mass is 9.86. The highest BCUT2D eigenvalue weighted by Crippen LogP contribution is 2.50. The molecule has 36 heavy (non-hydrogen) atoms. The number of ether oxygens (including phenoxy) is 2. The van der Waals surface area contributed by atoms with Gasteiger partial charge < -0.3 is 19.3 Å². The number of amidine groups is 1. The summed E-state index contributed by atoms with van der Waals surface area (Å²) in [6, 6.07) is 0. The Hall–Kier alpha value is -2.64. The van der Waals surface area contributed by atoms with E-state index in [-0.39, 0.29) is 45.0 Å². The largest absolute Gasteiger partial charge is 0.434 e. The topological polar surface area (TPSA) is 83.8 Å². The second kappa shape index (κ2) is 11.2. The van der Waals surface area contributed by atoms with E-state index in [1.54, 1.807) is 18.7 Å². The van der Waals surface area contributed by atoms with Crippen LogP contribution in [0, 0.1) is 5.41 Å². The molecule has 0 radical (unpaired) electrons. The fraction of sp³-hybridized carbons (Fsp3) is 0.727. The van der Waals surface area contributed by atoms with Crippen molar-refractivity contribution in [3.05, 3.63) is 12.8 Å². The van der Waals surface area contributed by atoms with Gasteiger partial charge in [-0.3, -0.25) is 4.79 Å². The van der Waals surface area contributed by atoms with Gasteiger partial charge in [0.25, 0.3) is 6.10 Å². The zero-order chi connectivity index (χ0) is 27.4. The quantitative estimate of drug-likeness (QED) is 0.266. The highest BCUT2D eigenvalue weighted by molar-refractivity contribution is 6.12. The van der Waals surface area contributed by atoms with E-state index in [1.807, 2.05) is 0 Å². The molecule has 0 aromatic rings. The number of rotatable bonds is 8. The summed E-state index contributed by atoms with van der Waals surface area (Å²) < 4.78 is 85.6. The van der Waals surface area contributed by atoms with E-state index in [9.17, 15) is 35.9 Å². The van der Waals surface area contributed by atoms with Crippen LogP contribution in [0.25, 0.3) is 0 Å². The van der Waals surface area contributed by atoms with Gasteiger partial charge in [-0.25, -0.2) is 14.8 Å². The zero-order valence-electron chi connectivity index (χ0n) is 20.3. The monoisotopic (exact) mass is 528 g/mol. The maximum atomic E-state index is 13.7. The molecule has 1 aliphatic carbocycles. The molecule has 8 nitrogen and oxygen atoms in total. The van der Waals surface area contributed by atoms with Crippen LogP contribution in [-0.2, 0) is 14.3 Å². The molecule has 0 bridgehead atoms. The smallest absolute Gasteiger partial charge is 0.426 e. The van der Waals surface area contributed by atoms with Crippen molar-refractivity contribution in [1.82, 2.24) is 9.80 Å². The summed E-state index contributed by atoms with van der Waals surface area (Å²) in [6.45, 7) is 6.95. The van der Waals surface area contributed by atoms with Gasteiger partial charge in [0.15, 0.2) is 0 Å². The van der Waals surface area contributed by atoms with Crippen molar-refractivity contribution in [3.8, 4) is 0 Å². The van der Waals surface area contributed by atoms with Gasteiger partial charge >= 0.3 is 18.4 Å². The number of halogens is 6. The Morgan fingerprint density at radius 2 is 1.67 bits per heavy atom. The summed E-state index contributed by atoms with van der Waals surface area (Å²) in [4.78, 5) is 36.6. The highest BCUT2D eigenvalue weighted by Gasteiger charge is 2.61. The van der Waals surface area contributed by atoms with Crippen molar-refractivity contribution in [3.63, 3.8) is 0 Å². The summed E-state index contributed by atoms with van der Waals surface area (Å²) in [7, 11) is 1.46. The molecule has 1 aliphatic heterocycles. The van der Waals surface area contributed by atoms with Crippen LogP contribution in [0.1, 0.15) is 39.5 Å². The second-order valence-corrected chi connectivity index (χ2v) is 8.89. The third kappa shape index (κ3) is 6.56. The van der Waals surface area contributed by atoms with Crippen LogP contribution < -0.4 is 0 Å². The number of hydrogen-bond acceptors (Lipinski definition) is 5. The molecule has 204 valence electrons. The molecule has 1 heterocycles. The number of likely N-dealkylation sites (tertiary alicyclic amines) is 1. The van der Waals surface area contributed by atoms with E-state index in [4.69, 9.17) is 4.74 Å². The average molecular weight is 528 g/mol. The molecule has 2 rings (SSSR count). The van der Waals surface area contributed by atoms with Gasteiger partial charge in [-0.05, 0) is 39.5 Å². The number of hydrogen-bond donors (Lipinski definition) is 0. The van der Waals surface area contributed by atoms with E-state index in [0.29, 0.717) is 18.7 Å². The van der Waals surface area contributed by atoms with E-state index < -0.39 is 35.5 Å². The predicted octanol–water partition coefficient (Wildman–Crippen LogP) is 4.36. The van der Waals surface area contributed by atoms with Crippen LogP contribution in [0.15, 0.2) is 22.8 Å². The Balaban J connectivity index is 2.20. The molecule has 0 atom stereocenters. The van der Waals surface area contributed by atoms with Crippen LogP contribution in [0.3, 0.4) is 0 Å². The number of methoxy groups -OCH3 is 1. The summed E-state index contributed by atoms with van der Waals surface area (Å²) in [5, 5.41) is 0. The Kier molecular flexibility index (Phi) is 9.19. The van der Waals surface area contributed by atoms with Crippen molar-refractivity contribution >= 4 is 24.1 Å². The lowest BCUT2D eigenvalue weighted by Gasteiger charge is -2.47. The predicted molar refractivity (Wildman–Crippen MR) is 119 cm³/mol. The minimum absolute atomic E-state index is 0.0985. The summed E-state index contributed by atoms with van der Waals surface area (Å²) in [6.07, 6.45) is -13.5. The van der Waals surface area contributed by atoms with Gasteiger partial charge in [0.1, 0.15) is 11.3 Å². The normalized spacial score (nSPS) is 19.9. The number of carbonyl (C=O) groups excluding carboxylic acids is 2. The lowest BCUT2D eigenvalue weighted by molar-refractivity contribution is -0.308. The van der Waals surface area contributed by atoms with Crippen LogP contribution in [0.4, 0.5) is 31.1 Å². The molecule has 0 N–H and O–H groups in total. The fourth-order valence-corrected chi connectivity index (χ4v) is 4.14. The van der Waals surface area contributed by atoms with Crippen molar-refractivity contribution in [2.75, 3.05) is 33.4 Å². The van der Waals surface area contributed by atoms with Gasteiger partial charge in [0, 0.05) is 44.7 Å². The molecule has 0 unspecified atom stereocenters. The number of aliphatic imine (C=N–C) groups is 2. The molecule has 2 amide bonds. The van der Waals surface area contributed by atoms with Gasteiger partial charge in [-0.1, -0.05) is 6.58 Å². The number of amides is 2. The Labute approximate surface area is 205 Å². The minimum atomic E-state index is -5.80. The first-order chi connectivity index (χ1) is 16.7. The second-order valence-electron chi connectivity index (χ2n) is 8.89. The standard InChI is InChI=1S/C22H30F6N4O4/c1-5-29-16(30-6-2)20(7-8-20)17(33)32(13-14-35-4)19(3)9-11-31(12-10-19)18(34)36-15(21(23,24)25)22(26,27)28/h5-6,15H,1,7-14H2,2-4H3/b29-16-,30-6-. The maximum absolute atomic E-state index is 13.7. The van der Waals surface area contributed by atoms with E-state index >= 15 is 0 Å². The molecule has 2 fully saturated rings. The molecule has 2 aliphatic rings. The van der Waals surface area contributed by atoms with Gasteiger partial charge in [0.2, 0.25) is 5.91 Å². The van der Waals surface area contributed by atoms with Crippen LogP contribution >= 0.6 is 0 Å². The third-order valence-electron chi connectivity index (χ3n) is 6.38. The van der Waals surface area contributed by atoms with Crippen LogP contribution in [-0.4, -0.2) is 91.2 Å². The molecule has 0 aromatic heterocycles. The van der Waals surface area contributed by atoms with Gasteiger partial charge in [-0.2, -0.15) is 26.3 Å². The van der Waals surface area contributed by atoms with Crippen LogP contribution in [0.2, 0.25) is 0 Å². The van der Waals surface area contributed by atoms with Crippen LogP contribution in [0.5, 0.6) is 0 Å². The summed E-state index contributed by atoms with van der Waals surface area (Å²) in [5.74, 6) is 0.0425. The molecular weight excluding hydrogens is 498 g/mol. The minimum Gasteiger partial charge on any atom is -0.426 e. The molecule has 0 spiro atoms. The van der Waals surface area contributed by atoms with Gasteiger partial charge in [0.05, 0.1) is 6.61 Å². The zero-order valence-corrected chi connectivity index (χ0v) is 20.3. The average Bonchev–Trinajstić information content (AvgIpc) is 3.58. The van der Waals surface area contributed by atoms with Crippen molar-refractivity contribution < 1.29 is 45.4 Å². The Morgan fingerprint density at radius 3 is 2.08 bits per heavy atom. The molecule has 14 heteroatoms. The summed E-state index contributed by atoms with van der Waals surface area (Å²) >= 11 is 0.